The van der Waals surface area contributed by atoms with Gasteiger partial charge in [0, 0.05) is 32.1 Å². The summed E-state index contributed by atoms with van der Waals surface area (Å²) in [7, 11) is 0. The van der Waals surface area contributed by atoms with Gasteiger partial charge in [-0.1, -0.05) is 47.6 Å². The Kier molecular flexibility index (Phi) is 6.51. The van der Waals surface area contributed by atoms with E-state index in [9.17, 15) is 0 Å². The summed E-state index contributed by atoms with van der Waals surface area (Å²) in [6, 6.07) is 19.6. The molecule has 3 heterocycles. The average Bonchev–Trinajstić information content (AvgIpc) is 3.23. The molecular weight excluding hydrogens is 400 g/mol. The lowest BCUT2D eigenvalue weighted by Crippen LogP contribution is -2.54. The van der Waals surface area contributed by atoms with Crippen molar-refractivity contribution in [2.45, 2.75) is 44.7 Å². The minimum Gasteiger partial charge on any atom is -0.493 e. The minimum absolute atomic E-state index is 0.372. The second-order valence-corrected chi connectivity index (χ2v) is 9.11. The van der Waals surface area contributed by atoms with Crippen molar-refractivity contribution in [1.29, 1.82) is 0 Å². The predicted molar refractivity (Wildman–Crippen MR) is 124 cm³/mol. The number of ether oxygens (including phenoxy) is 1. The average molecular weight is 433 g/mol. The zero-order valence-electron chi connectivity index (χ0n) is 18.8. The van der Waals surface area contributed by atoms with Crippen molar-refractivity contribution in [3.05, 3.63) is 77.4 Å². The van der Waals surface area contributed by atoms with Crippen molar-refractivity contribution in [2.75, 3.05) is 32.8 Å². The van der Waals surface area contributed by atoms with Crippen molar-refractivity contribution in [3.8, 4) is 5.75 Å². The van der Waals surface area contributed by atoms with Crippen molar-refractivity contribution in [1.82, 2.24) is 19.9 Å². The molecule has 2 fully saturated rings. The molecule has 32 heavy (non-hydrogen) atoms. The lowest BCUT2D eigenvalue weighted by Gasteiger charge is -2.46. The molecule has 168 valence electrons. The quantitative estimate of drug-likeness (QED) is 0.535. The van der Waals surface area contributed by atoms with E-state index in [1.54, 1.807) is 0 Å². The van der Waals surface area contributed by atoms with E-state index in [2.05, 4.69) is 63.3 Å². The number of aromatic nitrogens is 2. The molecule has 0 atom stereocenters. The zero-order valence-corrected chi connectivity index (χ0v) is 18.8. The molecule has 6 nitrogen and oxygen atoms in total. The topological polar surface area (TPSA) is 54.6 Å². The van der Waals surface area contributed by atoms with Gasteiger partial charge in [-0.25, -0.2) is 0 Å². The second-order valence-electron chi connectivity index (χ2n) is 9.11. The van der Waals surface area contributed by atoms with E-state index in [1.807, 2.05) is 18.2 Å². The smallest absolute Gasteiger partial charge is 0.232 e. The highest BCUT2D eigenvalue weighted by atomic mass is 16.5. The molecule has 3 aromatic rings. The fourth-order valence-corrected chi connectivity index (χ4v) is 4.75. The Morgan fingerprint density at radius 1 is 1.03 bits per heavy atom. The standard InChI is InChI=1S/C26H32N4O2/c1-20-6-5-9-24(16-20)31-15-12-25-27-26(32-28-25)22-18-30(19-22)23-10-13-29(14-11-23)17-21-7-3-2-4-8-21/h2-9,16,22-23H,10-15,17-19H2,1H3. The first-order valence-corrected chi connectivity index (χ1v) is 11.8. The summed E-state index contributed by atoms with van der Waals surface area (Å²) in [5.41, 5.74) is 2.60. The molecule has 0 radical (unpaired) electrons. The van der Waals surface area contributed by atoms with Gasteiger partial charge in [0.05, 0.1) is 12.5 Å². The summed E-state index contributed by atoms with van der Waals surface area (Å²) in [5, 5.41) is 4.16. The third-order valence-electron chi connectivity index (χ3n) is 6.65. The molecule has 0 spiro atoms. The lowest BCUT2D eigenvalue weighted by atomic mass is 9.93. The number of likely N-dealkylation sites (tertiary alicyclic amines) is 2. The number of nitrogens with zero attached hydrogens (tertiary/aromatic N) is 4. The van der Waals surface area contributed by atoms with Crippen molar-refractivity contribution in [3.63, 3.8) is 0 Å². The predicted octanol–water partition coefficient (Wildman–Crippen LogP) is 4.06. The summed E-state index contributed by atoms with van der Waals surface area (Å²) in [6.45, 7) is 8.10. The Labute approximate surface area is 190 Å². The van der Waals surface area contributed by atoms with Crippen molar-refractivity contribution < 1.29 is 9.26 Å². The van der Waals surface area contributed by atoms with E-state index >= 15 is 0 Å². The number of rotatable bonds is 8. The Balaban J connectivity index is 1.03. The third kappa shape index (κ3) is 5.19. The number of hydrogen-bond donors (Lipinski definition) is 0. The van der Waals surface area contributed by atoms with Gasteiger partial charge in [0.25, 0.3) is 0 Å². The number of piperidine rings is 1. The monoisotopic (exact) mass is 432 g/mol. The largest absolute Gasteiger partial charge is 0.493 e. The first-order valence-electron chi connectivity index (χ1n) is 11.8. The van der Waals surface area contributed by atoms with Gasteiger partial charge in [0.1, 0.15) is 5.75 Å². The Bertz CT molecular complexity index is 992. The third-order valence-corrected chi connectivity index (χ3v) is 6.65. The maximum atomic E-state index is 5.81. The molecule has 2 aliphatic heterocycles. The van der Waals surface area contributed by atoms with Gasteiger partial charge >= 0.3 is 0 Å². The Morgan fingerprint density at radius 3 is 2.62 bits per heavy atom. The molecular formula is C26H32N4O2. The van der Waals surface area contributed by atoms with Crippen LogP contribution in [0.15, 0.2) is 59.1 Å². The van der Waals surface area contributed by atoms with Gasteiger partial charge < -0.3 is 9.26 Å². The molecule has 0 bridgehead atoms. The van der Waals surface area contributed by atoms with Crippen LogP contribution in [0.5, 0.6) is 5.75 Å². The maximum absolute atomic E-state index is 5.81. The SMILES string of the molecule is Cc1cccc(OCCc2noc(C3CN(C4CCN(Cc5ccccc5)CC4)C3)n2)c1. The maximum Gasteiger partial charge on any atom is 0.232 e. The number of aryl methyl sites for hydroxylation is 1. The molecule has 2 saturated heterocycles. The molecule has 0 saturated carbocycles. The highest BCUT2D eigenvalue weighted by Crippen LogP contribution is 2.31. The van der Waals surface area contributed by atoms with Gasteiger partial charge in [0.2, 0.25) is 5.89 Å². The van der Waals surface area contributed by atoms with Crippen LogP contribution >= 0.6 is 0 Å². The Morgan fingerprint density at radius 2 is 1.84 bits per heavy atom. The minimum atomic E-state index is 0.372. The van der Waals surface area contributed by atoms with Crippen molar-refractivity contribution >= 4 is 0 Å². The molecule has 0 amide bonds. The van der Waals surface area contributed by atoms with Gasteiger partial charge in [-0.3, -0.25) is 9.80 Å². The van der Waals surface area contributed by atoms with Gasteiger partial charge in [-0.05, 0) is 56.1 Å². The first-order chi connectivity index (χ1) is 15.7. The van der Waals surface area contributed by atoms with Gasteiger partial charge in [-0.2, -0.15) is 4.98 Å². The van der Waals surface area contributed by atoms with Gasteiger partial charge in [0.15, 0.2) is 5.82 Å². The summed E-state index contributed by atoms with van der Waals surface area (Å²) in [4.78, 5) is 9.79. The van der Waals surface area contributed by atoms with E-state index in [0.29, 0.717) is 25.0 Å². The molecule has 1 aromatic heterocycles. The molecule has 2 aliphatic rings. The fourth-order valence-electron chi connectivity index (χ4n) is 4.75. The molecule has 0 unspecified atom stereocenters. The van der Waals surface area contributed by atoms with Crippen LogP contribution in [0.1, 0.15) is 41.6 Å². The van der Waals surface area contributed by atoms with Crippen LogP contribution in [0.4, 0.5) is 0 Å². The first kappa shape index (κ1) is 21.2. The molecule has 6 heteroatoms. The van der Waals surface area contributed by atoms with E-state index in [4.69, 9.17) is 9.26 Å². The second kappa shape index (κ2) is 9.84. The summed E-state index contributed by atoms with van der Waals surface area (Å²) < 4.78 is 11.4. The zero-order chi connectivity index (χ0) is 21.8. The van der Waals surface area contributed by atoms with Crippen LogP contribution in [0.3, 0.4) is 0 Å². The van der Waals surface area contributed by atoms with Gasteiger partial charge in [-0.15, -0.1) is 0 Å². The van der Waals surface area contributed by atoms with Crippen LogP contribution in [0, 0.1) is 6.92 Å². The highest BCUT2D eigenvalue weighted by Gasteiger charge is 2.37. The van der Waals surface area contributed by atoms with Crippen LogP contribution in [0.2, 0.25) is 0 Å². The van der Waals surface area contributed by atoms with Crippen LogP contribution in [-0.4, -0.2) is 58.8 Å². The van der Waals surface area contributed by atoms with Crippen molar-refractivity contribution in [2.24, 2.45) is 0 Å². The number of hydrogen-bond acceptors (Lipinski definition) is 6. The van der Waals surface area contributed by atoms with E-state index in [-0.39, 0.29) is 0 Å². The molecule has 2 aromatic carbocycles. The lowest BCUT2D eigenvalue weighted by molar-refractivity contribution is 0.0357. The molecule has 0 aliphatic carbocycles. The van der Waals surface area contributed by atoms with Crippen LogP contribution in [0.25, 0.3) is 0 Å². The van der Waals surface area contributed by atoms with E-state index in [0.717, 1.165) is 37.1 Å². The highest BCUT2D eigenvalue weighted by molar-refractivity contribution is 5.27. The fraction of sp³-hybridized carbons (Fsp3) is 0.462. The Hall–Kier alpha value is -2.70. The van der Waals surface area contributed by atoms with E-state index < -0.39 is 0 Å². The summed E-state index contributed by atoms with van der Waals surface area (Å²) in [6.07, 6.45) is 3.14. The van der Waals surface area contributed by atoms with Crippen LogP contribution < -0.4 is 4.74 Å². The molecule has 0 N–H and O–H groups in total. The molecule has 5 rings (SSSR count). The number of benzene rings is 2. The summed E-state index contributed by atoms with van der Waals surface area (Å²) >= 11 is 0. The van der Waals surface area contributed by atoms with Crippen LogP contribution in [-0.2, 0) is 13.0 Å². The summed E-state index contributed by atoms with van der Waals surface area (Å²) in [5.74, 6) is 2.78. The van der Waals surface area contributed by atoms with E-state index in [1.165, 1.54) is 37.1 Å². The normalized spacial score (nSPS) is 18.5.